The van der Waals surface area contributed by atoms with E-state index in [1.165, 1.54) is 0 Å². The van der Waals surface area contributed by atoms with Gasteiger partial charge in [0, 0.05) is 32.8 Å². The Kier molecular flexibility index (Phi) is 6.52. The quantitative estimate of drug-likeness (QED) is 0.735. The molecule has 6 heteroatoms. The molecule has 1 rings (SSSR count). The number of methoxy groups -OCH3 is 1. The van der Waals surface area contributed by atoms with Crippen molar-refractivity contribution in [2.24, 2.45) is 0 Å². The van der Waals surface area contributed by atoms with Crippen LogP contribution in [-0.2, 0) is 4.74 Å². The fraction of sp³-hybridized carbons (Fsp3) is 0.692. The lowest BCUT2D eigenvalue weighted by atomic mass is 10.0. The van der Waals surface area contributed by atoms with Crippen LogP contribution in [-0.4, -0.2) is 55.5 Å². The van der Waals surface area contributed by atoms with E-state index in [0.717, 1.165) is 17.2 Å². The average molecular weight is 268 g/mol. The Bertz CT molecular complexity index is 385. The van der Waals surface area contributed by atoms with Gasteiger partial charge in [0.2, 0.25) is 0 Å². The van der Waals surface area contributed by atoms with Crippen LogP contribution >= 0.6 is 0 Å². The minimum absolute atomic E-state index is 0.0835. The fourth-order valence-electron chi connectivity index (χ4n) is 2.01. The van der Waals surface area contributed by atoms with Crippen LogP contribution in [0.3, 0.4) is 0 Å². The fourth-order valence-corrected chi connectivity index (χ4v) is 2.01. The van der Waals surface area contributed by atoms with Crippen molar-refractivity contribution in [3.8, 4) is 0 Å². The summed E-state index contributed by atoms with van der Waals surface area (Å²) < 4.78 is 5.11. The maximum Gasteiger partial charge on any atom is 0.137 e. The van der Waals surface area contributed by atoms with E-state index in [2.05, 4.69) is 29.1 Å². The van der Waals surface area contributed by atoms with Crippen molar-refractivity contribution >= 4 is 11.6 Å². The normalized spacial score (nSPS) is 10.8. The smallest absolute Gasteiger partial charge is 0.137 e. The third kappa shape index (κ3) is 4.04. The number of ether oxygens (including phenoxy) is 1. The zero-order chi connectivity index (χ0) is 14.3. The number of aliphatic hydroxyl groups is 1. The second kappa shape index (κ2) is 7.91. The van der Waals surface area contributed by atoms with E-state index in [-0.39, 0.29) is 6.61 Å². The van der Waals surface area contributed by atoms with Crippen molar-refractivity contribution in [3.05, 3.63) is 11.9 Å². The van der Waals surface area contributed by atoms with Crippen LogP contribution in [0, 0.1) is 0 Å². The molecule has 19 heavy (non-hydrogen) atoms. The van der Waals surface area contributed by atoms with Gasteiger partial charge in [0.25, 0.3) is 0 Å². The number of aliphatic hydroxyl groups excluding tert-OH is 1. The van der Waals surface area contributed by atoms with E-state index in [1.807, 2.05) is 11.9 Å². The van der Waals surface area contributed by atoms with E-state index in [0.29, 0.717) is 25.6 Å². The number of aromatic nitrogens is 2. The highest BCUT2D eigenvalue weighted by Gasteiger charge is 2.18. The van der Waals surface area contributed by atoms with Gasteiger partial charge in [0.1, 0.15) is 18.0 Å². The molecule has 0 saturated heterocycles. The lowest BCUT2D eigenvalue weighted by Crippen LogP contribution is -2.32. The van der Waals surface area contributed by atoms with Gasteiger partial charge in [-0.05, 0) is 5.92 Å². The first-order valence-electron chi connectivity index (χ1n) is 6.53. The van der Waals surface area contributed by atoms with Crippen LogP contribution in [0.2, 0.25) is 0 Å². The molecule has 0 saturated carbocycles. The number of anilines is 2. The number of hydrogen-bond donors (Lipinski definition) is 2. The van der Waals surface area contributed by atoms with Crippen molar-refractivity contribution < 1.29 is 9.84 Å². The molecule has 108 valence electrons. The standard InChI is InChI=1S/C13H24N4O2/c1-10(2)11-12(14-3)15-9-16-13(11)17(5-7-18)6-8-19-4/h9-10,18H,5-8H2,1-4H3,(H,14,15,16). The molecular formula is C13H24N4O2. The highest BCUT2D eigenvalue weighted by Crippen LogP contribution is 2.30. The molecule has 0 aliphatic carbocycles. The van der Waals surface area contributed by atoms with Crippen LogP contribution in [0.15, 0.2) is 6.33 Å². The van der Waals surface area contributed by atoms with Gasteiger partial charge in [-0.3, -0.25) is 0 Å². The average Bonchev–Trinajstić information content (AvgIpc) is 2.42. The van der Waals surface area contributed by atoms with Gasteiger partial charge in [-0.1, -0.05) is 13.8 Å². The Morgan fingerprint density at radius 1 is 1.37 bits per heavy atom. The van der Waals surface area contributed by atoms with E-state index in [1.54, 1.807) is 13.4 Å². The van der Waals surface area contributed by atoms with E-state index in [9.17, 15) is 5.11 Å². The summed E-state index contributed by atoms with van der Waals surface area (Å²) in [7, 11) is 3.52. The van der Waals surface area contributed by atoms with Gasteiger partial charge < -0.3 is 20.1 Å². The van der Waals surface area contributed by atoms with Crippen LogP contribution < -0.4 is 10.2 Å². The number of rotatable bonds is 8. The topological polar surface area (TPSA) is 70.5 Å². The summed E-state index contributed by atoms with van der Waals surface area (Å²) in [5.41, 5.74) is 1.06. The maximum atomic E-state index is 9.21. The Morgan fingerprint density at radius 2 is 2.11 bits per heavy atom. The van der Waals surface area contributed by atoms with Crippen molar-refractivity contribution in [2.75, 3.05) is 50.7 Å². The summed E-state index contributed by atoms with van der Waals surface area (Å²) in [4.78, 5) is 10.7. The molecule has 0 radical (unpaired) electrons. The second-order valence-electron chi connectivity index (χ2n) is 4.57. The summed E-state index contributed by atoms with van der Waals surface area (Å²) in [6.07, 6.45) is 1.55. The zero-order valence-electron chi connectivity index (χ0n) is 12.2. The van der Waals surface area contributed by atoms with Gasteiger partial charge in [-0.2, -0.15) is 0 Å². The van der Waals surface area contributed by atoms with Gasteiger partial charge in [0.15, 0.2) is 0 Å². The summed E-state index contributed by atoms with van der Waals surface area (Å²) in [5, 5.41) is 12.3. The molecule has 1 heterocycles. The molecule has 0 aliphatic rings. The summed E-state index contributed by atoms with van der Waals surface area (Å²) in [5.74, 6) is 1.99. The Balaban J connectivity index is 3.13. The van der Waals surface area contributed by atoms with Crippen molar-refractivity contribution in [3.63, 3.8) is 0 Å². The SMILES string of the molecule is CNc1ncnc(N(CCO)CCOC)c1C(C)C. The Labute approximate surface area is 114 Å². The molecule has 1 aromatic rings. The molecule has 0 aromatic carbocycles. The maximum absolute atomic E-state index is 9.21. The molecule has 0 aliphatic heterocycles. The molecular weight excluding hydrogens is 244 g/mol. The van der Waals surface area contributed by atoms with Gasteiger partial charge in [0.05, 0.1) is 13.2 Å². The van der Waals surface area contributed by atoms with Crippen LogP contribution in [0.5, 0.6) is 0 Å². The highest BCUT2D eigenvalue weighted by molar-refractivity contribution is 5.60. The molecule has 6 nitrogen and oxygen atoms in total. The molecule has 2 N–H and O–H groups in total. The summed E-state index contributed by atoms with van der Waals surface area (Å²) in [6, 6.07) is 0. The predicted molar refractivity (Wildman–Crippen MR) is 76.8 cm³/mol. The first-order chi connectivity index (χ1) is 9.15. The van der Waals surface area contributed by atoms with Gasteiger partial charge in [-0.15, -0.1) is 0 Å². The van der Waals surface area contributed by atoms with E-state index < -0.39 is 0 Å². The van der Waals surface area contributed by atoms with Crippen LogP contribution in [0.4, 0.5) is 11.6 Å². The molecule has 0 fully saturated rings. The largest absolute Gasteiger partial charge is 0.395 e. The zero-order valence-corrected chi connectivity index (χ0v) is 12.2. The minimum atomic E-state index is 0.0835. The molecule has 0 spiro atoms. The number of nitrogens with one attached hydrogen (secondary N) is 1. The van der Waals surface area contributed by atoms with Crippen LogP contribution in [0.25, 0.3) is 0 Å². The minimum Gasteiger partial charge on any atom is -0.395 e. The Hall–Kier alpha value is -1.40. The third-order valence-corrected chi connectivity index (χ3v) is 2.91. The van der Waals surface area contributed by atoms with Gasteiger partial charge in [-0.25, -0.2) is 9.97 Å². The molecule has 1 aromatic heterocycles. The van der Waals surface area contributed by atoms with Crippen molar-refractivity contribution in [1.82, 2.24) is 9.97 Å². The monoisotopic (exact) mass is 268 g/mol. The first-order valence-corrected chi connectivity index (χ1v) is 6.53. The molecule has 0 bridgehead atoms. The summed E-state index contributed by atoms with van der Waals surface area (Å²) in [6.45, 7) is 6.11. The summed E-state index contributed by atoms with van der Waals surface area (Å²) >= 11 is 0. The third-order valence-electron chi connectivity index (χ3n) is 2.91. The van der Waals surface area contributed by atoms with Crippen molar-refractivity contribution in [1.29, 1.82) is 0 Å². The predicted octanol–water partition coefficient (Wildman–Crippen LogP) is 1.09. The van der Waals surface area contributed by atoms with Gasteiger partial charge >= 0.3 is 0 Å². The number of hydrogen-bond acceptors (Lipinski definition) is 6. The van der Waals surface area contributed by atoms with E-state index >= 15 is 0 Å². The van der Waals surface area contributed by atoms with Crippen LogP contribution in [0.1, 0.15) is 25.3 Å². The molecule has 0 amide bonds. The highest BCUT2D eigenvalue weighted by atomic mass is 16.5. The molecule has 0 unspecified atom stereocenters. The first kappa shape index (κ1) is 15.7. The lowest BCUT2D eigenvalue weighted by Gasteiger charge is -2.26. The second-order valence-corrected chi connectivity index (χ2v) is 4.57. The Morgan fingerprint density at radius 3 is 2.63 bits per heavy atom. The number of nitrogens with zero attached hydrogens (tertiary/aromatic N) is 3. The van der Waals surface area contributed by atoms with Crippen molar-refractivity contribution in [2.45, 2.75) is 19.8 Å². The lowest BCUT2D eigenvalue weighted by molar-refractivity contribution is 0.202. The molecule has 0 atom stereocenters. The van der Waals surface area contributed by atoms with E-state index in [4.69, 9.17) is 4.74 Å².